The van der Waals surface area contributed by atoms with Crippen molar-refractivity contribution in [2.24, 2.45) is 0 Å². The first-order valence-electron chi connectivity index (χ1n) is 7.00. The number of aryl methyl sites for hydroxylation is 1. The fraction of sp³-hybridized carbons (Fsp3) is 0.529. The van der Waals surface area contributed by atoms with Crippen LogP contribution in [0.5, 0.6) is 5.75 Å². The minimum absolute atomic E-state index is 0.0885. The van der Waals surface area contributed by atoms with Crippen LogP contribution in [0.15, 0.2) is 28.8 Å². The largest absolute Gasteiger partial charge is 0.493 e. The minimum atomic E-state index is 0.0885. The van der Waals surface area contributed by atoms with Gasteiger partial charge in [-0.15, -0.1) is 6.58 Å². The first-order valence-corrected chi connectivity index (χ1v) is 7.79. The van der Waals surface area contributed by atoms with Crippen molar-refractivity contribution in [3.63, 3.8) is 0 Å². The Morgan fingerprint density at radius 3 is 2.55 bits per heavy atom. The zero-order chi connectivity index (χ0) is 15.3. The Kier molecular flexibility index (Phi) is 6.28. The topological polar surface area (TPSA) is 21.3 Å². The molecule has 1 rings (SSSR count). The molecular weight excluding hydrogens is 314 g/mol. The first-order chi connectivity index (χ1) is 9.19. The van der Waals surface area contributed by atoms with Gasteiger partial charge in [0.05, 0.1) is 6.61 Å². The quantitative estimate of drug-likeness (QED) is 0.737. The SMILES string of the molecule is C=C(C)CCOc1c(C)cc(Br)cc1CNC(C)(C)C. The minimum Gasteiger partial charge on any atom is -0.493 e. The molecule has 0 spiro atoms. The van der Waals surface area contributed by atoms with E-state index in [-0.39, 0.29) is 5.54 Å². The monoisotopic (exact) mass is 339 g/mol. The van der Waals surface area contributed by atoms with Gasteiger partial charge in [-0.1, -0.05) is 21.5 Å². The van der Waals surface area contributed by atoms with Crippen LogP contribution < -0.4 is 10.1 Å². The molecule has 1 aromatic carbocycles. The van der Waals surface area contributed by atoms with Crippen molar-refractivity contribution in [1.82, 2.24) is 5.32 Å². The number of nitrogens with one attached hydrogen (secondary N) is 1. The van der Waals surface area contributed by atoms with Crippen molar-refractivity contribution < 1.29 is 4.74 Å². The van der Waals surface area contributed by atoms with Gasteiger partial charge in [0.2, 0.25) is 0 Å². The molecule has 0 aromatic heterocycles. The molecule has 20 heavy (non-hydrogen) atoms. The van der Waals surface area contributed by atoms with Crippen molar-refractivity contribution >= 4 is 15.9 Å². The second kappa shape index (κ2) is 7.28. The van der Waals surface area contributed by atoms with Crippen LogP contribution in [0, 0.1) is 6.92 Å². The average molecular weight is 340 g/mol. The summed E-state index contributed by atoms with van der Waals surface area (Å²) in [6.07, 6.45) is 0.891. The van der Waals surface area contributed by atoms with E-state index in [1.54, 1.807) is 0 Å². The summed E-state index contributed by atoms with van der Waals surface area (Å²) in [6.45, 7) is 16.0. The molecule has 112 valence electrons. The molecule has 3 heteroatoms. The number of hydrogen-bond acceptors (Lipinski definition) is 2. The summed E-state index contributed by atoms with van der Waals surface area (Å²) in [6, 6.07) is 4.22. The van der Waals surface area contributed by atoms with Gasteiger partial charge >= 0.3 is 0 Å². The second-order valence-electron chi connectivity index (χ2n) is 6.37. The van der Waals surface area contributed by atoms with Crippen molar-refractivity contribution in [2.45, 2.75) is 53.1 Å². The van der Waals surface area contributed by atoms with E-state index in [9.17, 15) is 0 Å². The lowest BCUT2D eigenvalue weighted by Gasteiger charge is -2.22. The van der Waals surface area contributed by atoms with E-state index in [1.807, 2.05) is 6.92 Å². The lowest BCUT2D eigenvalue weighted by molar-refractivity contribution is 0.313. The highest BCUT2D eigenvalue weighted by atomic mass is 79.9. The summed E-state index contributed by atoms with van der Waals surface area (Å²) in [4.78, 5) is 0. The normalized spacial score (nSPS) is 11.5. The summed E-state index contributed by atoms with van der Waals surface area (Å²) in [5, 5.41) is 3.51. The molecule has 0 aliphatic rings. The van der Waals surface area contributed by atoms with Crippen LogP contribution in [0.25, 0.3) is 0 Å². The highest BCUT2D eigenvalue weighted by Crippen LogP contribution is 2.28. The van der Waals surface area contributed by atoms with Crippen LogP contribution in [-0.2, 0) is 6.54 Å². The molecule has 0 atom stereocenters. The van der Waals surface area contributed by atoms with Crippen LogP contribution in [0.2, 0.25) is 0 Å². The van der Waals surface area contributed by atoms with Gasteiger partial charge < -0.3 is 10.1 Å². The summed E-state index contributed by atoms with van der Waals surface area (Å²) in [5.74, 6) is 0.992. The molecule has 0 fully saturated rings. The number of rotatable bonds is 6. The Morgan fingerprint density at radius 1 is 1.35 bits per heavy atom. The summed E-state index contributed by atoms with van der Waals surface area (Å²) in [5.41, 5.74) is 3.58. The Morgan fingerprint density at radius 2 is 2.00 bits per heavy atom. The number of halogens is 1. The van der Waals surface area contributed by atoms with E-state index in [1.165, 1.54) is 5.56 Å². The van der Waals surface area contributed by atoms with Gasteiger partial charge in [-0.05, 0) is 52.3 Å². The fourth-order valence-electron chi connectivity index (χ4n) is 1.82. The Bertz CT molecular complexity index is 475. The van der Waals surface area contributed by atoms with Crippen molar-refractivity contribution in [2.75, 3.05) is 6.61 Å². The van der Waals surface area contributed by atoms with Gasteiger partial charge in [-0.3, -0.25) is 0 Å². The zero-order valence-corrected chi connectivity index (χ0v) is 14.9. The Labute approximate surface area is 131 Å². The van der Waals surface area contributed by atoms with Crippen LogP contribution in [0.4, 0.5) is 0 Å². The third-order valence-corrected chi connectivity index (χ3v) is 3.36. The summed E-state index contributed by atoms with van der Waals surface area (Å²) < 4.78 is 7.07. The Balaban J connectivity index is 2.87. The van der Waals surface area contributed by atoms with E-state index >= 15 is 0 Å². The Hall–Kier alpha value is -0.800. The van der Waals surface area contributed by atoms with E-state index < -0.39 is 0 Å². The maximum atomic E-state index is 5.98. The summed E-state index contributed by atoms with van der Waals surface area (Å²) >= 11 is 3.56. The highest BCUT2D eigenvalue weighted by Gasteiger charge is 2.13. The molecule has 0 amide bonds. The molecule has 0 saturated heterocycles. The van der Waals surface area contributed by atoms with Gasteiger partial charge in [-0.2, -0.15) is 0 Å². The summed E-state index contributed by atoms with van der Waals surface area (Å²) in [7, 11) is 0. The third kappa shape index (κ3) is 6.10. The van der Waals surface area contributed by atoms with Crippen molar-refractivity contribution in [1.29, 1.82) is 0 Å². The number of benzene rings is 1. The van der Waals surface area contributed by atoms with Crippen LogP contribution in [0.1, 0.15) is 45.2 Å². The molecule has 0 heterocycles. The van der Waals surface area contributed by atoms with E-state index in [0.29, 0.717) is 6.61 Å². The lowest BCUT2D eigenvalue weighted by Crippen LogP contribution is -2.35. The standard InChI is InChI=1S/C17H26BrNO/c1-12(2)7-8-20-16-13(3)9-15(18)10-14(16)11-19-17(4,5)6/h9-10,19H,1,7-8,11H2,2-6H3. The number of hydrogen-bond donors (Lipinski definition) is 1. The van der Waals surface area contributed by atoms with Crippen LogP contribution >= 0.6 is 15.9 Å². The van der Waals surface area contributed by atoms with Gasteiger partial charge in [0.15, 0.2) is 0 Å². The first kappa shape index (κ1) is 17.3. The van der Waals surface area contributed by atoms with Gasteiger partial charge in [-0.25, -0.2) is 0 Å². The van der Waals surface area contributed by atoms with Gasteiger partial charge in [0.1, 0.15) is 5.75 Å². The molecule has 1 aromatic rings. The van der Waals surface area contributed by atoms with Crippen LogP contribution in [-0.4, -0.2) is 12.1 Å². The molecular formula is C17H26BrNO. The predicted octanol–water partition coefficient (Wildman–Crippen LogP) is 4.99. The molecule has 0 bridgehead atoms. The third-order valence-electron chi connectivity index (χ3n) is 2.90. The maximum absolute atomic E-state index is 5.98. The highest BCUT2D eigenvalue weighted by molar-refractivity contribution is 9.10. The molecule has 0 unspecified atom stereocenters. The molecule has 0 radical (unpaired) electrons. The second-order valence-corrected chi connectivity index (χ2v) is 7.29. The number of ether oxygens (including phenoxy) is 1. The van der Waals surface area contributed by atoms with E-state index in [2.05, 4.69) is 67.7 Å². The average Bonchev–Trinajstić information content (AvgIpc) is 2.27. The van der Waals surface area contributed by atoms with Gasteiger partial charge in [0.25, 0.3) is 0 Å². The molecule has 1 N–H and O–H groups in total. The smallest absolute Gasteiger partial charge is 0.126 e. The van der Waals surface area contributed by atoms with E-state index in [0.717, 1.165) is 34.3 Å². The fourth-order valence-corrected chi connectivity index (χ4v) is 2.44. The lowest BCUT2D eigenvalue weighted by atomic mass is 10.1. The maximum Gasteiger partial charge on any atom is 0.126 e. The molecule has 0 saturated carbocycles. The van der Waals surface area contributed by atoms with Crippen LogP contribution in [0.3, 0.4) is 0 Å². The zero-order valence-electron chi connectivity index (χ0n) is 13.3. The molecule has 0 aliphatic carbocycles. The molecule has 0 aliphatic heterocycles. The van der Waals surface area contributed by atoms with Crippen molar-refractivity contribution in [3.05, 3.63) is 39.9 Å². The van der Waals surface area contributed by atoms with Gasteiger partial charge in [0, 0.05) is 28.5 Å². The van der Waals surface area contributed by atoms with E-state index in [4.69, 9.17) is 4.74 Å². The predicted molar refractivity (Wildman–Crippen MR) is 90.4 cm³/mol. The van der Waals surface area contributed by atoms with Crippen molar-refractivity contribution in [3.8, 4) is 5.75 Å². The molecule has 2 nitrogen and oxygen atoms in total.